The fourth-order valence-corrected chi connectivity index (χ4v) is 0.851. The van der Waals surface area contributed by atoms with Crippen LogP contribution in [0, 0.1) is 0 Å². The third-order valence-corrected chi connectivity index (χ3v) is 1.15. The van der Waals surface area contributed by atoms with Crippen molar-refractivity contribution in [3.8, 4) is 0 Å². The number of hydroxylamine groups is 2. The molecule has 0 aromatic heterocycles. The van der Waals surface area contributed by atoms with Crippen LogP contribution in [0.15, 0.2) is 0 Å². The highest BCUT2D eigenvalue weighted by atomic mass is 32.3. The molecule has 0 spiro atoms. The lowest BCUT2D eigenvalue weighted by atomic mass is 11.2. The molecule has 0 aliphatic carbocycles. The molecule has 14 heteroatoms. The Bertz CT molecular complexity index is 373. The molecule has 15 heavy (non-hydrogen) atoms. The molecule has 92 valence electrons. The largest absolute Gasteiger partial charge is 0.509 e. The van der Waals surface area contributed by atoms with Gasteiger partial charge in [-0.1, -0.05) is 7.77 Å². The van der Waals surface area contributed by atoms with E-state index in [2.05, 4.69) is 8.57 Å². The second-order valence-electron chi connectivity index (χ2n) is 1.66. The first-order chi connectivity index (χ1) is 6.31. The van der Waals surface area contributed by atoms with E-state index < -0.39 is 32.5 Å². The quantitative estimate of drug-likeness (QED) is 0.312. The average molecular weight is 281 g/mol. The molecule has 0 radical (unpaired) electrons. The Morgan fingerprint density at radius 2 is 1.13 bits per heavy atom. The van der Waals surface area contributed by atoms with Gasteiger partial charge in [0.25, 0.3) is 0 Å². The average Bonchev–Trinajstić information content (AvgIpc) is 1.75. The molecule has 0 bridgehead atoms. The summed E-state index contributed by atoms with van der Waals surface area (Å²) in [5.74, 6) is 0. The predicted octanol–water partition coefficient (Wildman–Crippen LogP) is 0.100. The summed E-state index contributed by atoms with van der Waals surface area (Å²) in [6.45, 7) is 0. The third-order valence-electron chi connectivity index (χ3n) is 0.520. The molecule has 7 nitrogen and oxygen atoms in total. The van der Waals surface area contributed by atoms with Gasteiger partial charge in [0.05, 0.1) is 5.23 Å². The van der Waals surface area contributed by atoms with Crippen molar-refractivity contribution in [3.63, 3.8) is 0 Å². The molecule has 0 fully saturated rings. The zero-order valence-electron chi connectivity index (χ0n) is 6.10. The van der Waals surface area contributed by atoms with Gasteiger partial charge in [0.2, 0.25) is 0 Å². The Hall–Kier alpha value is -0.570. The van der Waals surface area contributed by atoms with Gasteiger partial charge in [-0.05, 0) is 0 Å². The lowest BCUT2D eigenvalue weighted by molar-refractivity contribution is -0.437. The first-order valence-corrected chi connectivity index (χ1v) is 5.08. The van der Waals surface area contributed by atoms with Crippen molar-refractivity contribution in [2.45, 2.75) is 6.30 Å². The van der Waals surface area contributed by atoms with E-state index >= 15 is 0 Å². The minimum Gasteiger partial charge on any atom is -0.163 e. The summed E-state index contributed by atoms with van der Waals surface area (Å²) in [5.41, 5.74) is 0. The molecular formula is CF5NO6S2. The summed E-state index contributed by atoms with van der Waals surface area (Å²) in [7, 11) is -12.5. The Balaban J connectivity index is 4.94. The maximum absolute atomic E-state index is 11.6. The van der Waals surface area contributed by atoms with Crippen LogP contribution >= 0.6 is 0 Å². The van der Waals surface area contributed by atoms with Gasteiger partial charge in [0, 0.05) is 0 Å². The number of rotatable bonds is 4. The van der Waals surface area contributed by atoms with Crippen LogP contribution in [0.3, 0.4) is 0 Å². The van der Waals surface area contributed by atoms with Crippen molar-refractivity contribution in [2.75, 3.05) is 0 Å². The number of hydrogen-bond donors (Lipinski definition) is 0. The van der Waals surface area contributed by atoms with Gasteiger partial charge in [-0.15, -0.1) is 8.57 Å². The van der Waals surface area contributed by atoms with Gasteiger partial charge < -0.3 is 0 Å². The van der Waals surface area contributed by atoms with Crippen LogP contribution in [0.5, 0.6) is 0 Å². The van der Waals surface area contributed by atoms with Crippen LogP contribution in [0.25, 0.3) is 0 Å². The van der Waals surface area contributed by atoms with Gasteiger partial charge in [0.1, 0.15) is 0 Å². The summed E-state index contributed by atoms with van der Waals surface area (Å²) in [6, 6.07) is 0. The maximum Gasteiger partial charge on any atom is 0.509 e. The fraction of sp³-hybridized carbons (Fsp3) is 1.00. The monoisotopic (exact) mass is 281 g/mol. The molecule has 0 aromatic carbocycles. The highest BCUT2D eigenvalue weighted by Gasteiger charge is 2.47. The summed E-state index contributed by atoms with van der Waals surface area (Å²) in [5, 5.41) is -2.32. The Kier molecular flexibility index (Phi) is 3.97. The number of alkyl halides is 3. The predicted molar refractivity (Wildman–Crippen MR) is 30.1 cm³/mol. The summed E-state index contributed by atoms with van der Waals surface area (Å²) < 4.78 is 101. The molecule has 0 amide bonds. The van der Waals surface area contributed by atoms with E-state index in [1.54, 1.807) is 0 Å². The molecule has 0 saturated heterocycles. The molecule has 0 atom stereocenters. The van der Waals surface area contributed by atoms with Crippen LogP contribution in [-0.2, 0) is 29.6 Å². The van der Waals surface area contributed by atoms with E-state index in [4.69, 9.17) is 0 Å². The van der Waals surface area contributed by atoms with Crippen molar-refractivity contribution < 1.29 is 46.3 Å². The standard InChI is InChI=1S/CF5NO6S2/c2-1(3,4)7(12-14(5,8)9)13-15(6,10)11. The fourth-order valence-electron chi connectivity index (χ4n) is 0.259. The van der Waals surface area contributed by atoms with E-state index in [9.17, 15) is 37.8 Å². The minimum absolute atomic E-state index is 2.32. The van der Waals surface area contributed by atoms with Crippen LogP contribution in [0.1, 0.15) is 0 Å². The van der Waals surface area contributed by atoms with Gasteiger partial charge in [0.15, 0.2) is 0 Å². The summed E-state index contributed by atoms with van der Waals surface area (Å²) >= 11 is 0. The van der Waals surface area contributed by atoms with Crippen molar-refractivity contribution in [1.82, 2.24) is 5.23 Å². The summed E-state index contributed by atoms with van der Waals surface area (Å²) in [6.07, 6.45) is -5.92. The normalized spacial score (nSPS) is 14.5. The van der Waals surface area contributed by atoms with Gasteiger partial charge in [-0.2, -0.15) is 30.0 Å². The van der Waals surface area contributed by atoms with Crippen LogP contribution < -0.4 is 0 Å². The number of hydrogen-bond acceptors (Lipinski definition) is 7. The number of halogens is 5. The lowest BCUT2D eigenvalue weighted by Crippen LogP contribution is -2.39. The Morgan fingerprint density at radius 1 is 0.867 bits per heavy atom. The zero-order chi connectivity index (χ0) is 12.5. The molecule has 0 rings (SSSR count). The van der Waals surface area contributed by atoms with Crippen molar-refractivity contribution in [2.24, 2.45) is 0 Å². The third kappa shape index (κ3) is 7.37. The van der Waals surface area contributed by atoms with Crippen molar-refractivity contribution in [3.05, 3.63) is 0 Å². The highest BCUT2D eigenvalue weighted by Crippen LogP contribution is 2.25. The Labute approximate surface area is 79.7 Å². The minimum atomic E-state index is -6.23. The second-order valence-corrected chi connectivity index (χ2v) is 3.53. The van der Waals surface area contributed by atoms with E-state index in [-0.39, 0.29) is 0 Å². The second kappa shape index (κ2) is 4.12. The van der Waals surface area contributed by atoms with Crippen LogP contribution in [-0.4, -0.2) is 28.4 Å². The molecule has 0 saturated carbocycles. The van der Waals surface area contributed by atoms with Crippen molar-refractivity contribution >= 4 is 21.0 Å². The van der Waals surface area contributed by atoms with Gasteiger partial charge in [-0.3, -0.25) is 0 Å². The summed E-state index contributed by atoms with van der Waals surface area (Å²) in [4.78, 5) is 0. The molecule has 0 N–H and O–H groups in total. The molecule has 0 aromatic rings. The van der Waals surface area contributed by atoms with Gasteiger partial charge >= 0.3 is 27.3 Å². The van der Waals surface area contributed by atoms with Crippen LogP contribution in [0.4, 0.5) is 20.9 Å². The van der Waals surface area contributed by atoms with Crippen LogP contribution in [0.2, 0.25) is 0 Å². The SMILES string of the molecule is O=S(=O)(F)ON(OS(=O)(=O)F)C(F)(F)F. The number of nitrogens with zero attached hydrogens (tertiary/aromatic N) is 1. The topological polar surface area (TPSA) is 90.0 Å². The molecule has 0 heterocycles. The molecule has 0 aliphatic rings. The molecule has 0 aliphatic heterocycles. The van der Waals surface area contributed by atoms with Crippen molar-refractivity contribution in [1.29, 1.82) is 0 Å². The smallest absolute Gasteiger partial charge is 0.163 e. The zero-order valence-corrected chi connectivity index (χ0v) is 7.74. The molecule has 0 unspecified atom stereocenters. The van der Waals surface area contributed by atoms with Gasteiger partial charge in [-0.25, -0.2) is 0 Å². The highest BCUT2D eigenvalue weighted by molar-refractivity contribution is 7.82. The first-order valence-electron chi connectivity index (χ1n) is 2.46. The lowest BCUT2D eigenvalue weighted by Gasteiger charge is -2.16. The first kappa shape index (κ1) is 14.4. The Morgan fingerprint density at radius 3 is 1.27 bits per heavy atom. The van der Waals surface area contributed by atoms with E-state index in [1.807, 2.05) is 0 Å². The van der Waals surface area contributed by atoms with E-state index in [0.717, 1.165) is 0 Å². The van der Waals surface area contributed by atoms with E-state index in [0.29, 0.717) is 0 Å². The van der Waals surface area contributed by atoms with E-state index in [1.165, 1.54) is 0 Å². The molecular weight excluding hydrogens is 281 g/mol. The maximum atomic E-state index is 11.6.